The van der Waals surface area contributed by atoms with Crippen LogP contribution in [0.3, 0.4) is 0 Å². The zero-order valence-corrected chi connectivity index (χ0v) is 13.1. The zero-order valence-electron chi connectivity index (χ0n) is 12.3. The summed E-state index contributed by atoms with van der Waals surface area (Å²) in [5, 5.41) is 23.0. The predicted octanol–water partition coefficient (Wildman–Crippen LogP) is 2.75. The van der Waals surface area contributed by atoms with Crippen molar-refractivity contribution in [1.29, 1.82) is 5.41 Å². The summed E-state index contributed by atoms with van der Waals surface area (Å²) in [6.07, 6.45) is 0. The molecule has 3 aromatic rings. The number of thiazole rings is 1. The standard InChI is InChI=1S/C15H13N5O2S/c1-8-17-12(22-19-8)7-20-6-10(21)13(14(20)16)15-18-9-4-2-3-5-11(9)23-15/h2-5,16,21H,6-7H2,1H3. The fraction of sp³-hybridized carbons (Fsp3) is 0.200. The summed E-state index contributed by atoms with van der Waals surface area (Å²) in [6.45, 7) is 2.27. The van der Waals surface area contributed by atoms with Gasteiger partial charge in [0, 0.05) is 0 Å². The lowest BCUT2D eigenvalue weighted by Crippen LogP contribution is -2.26. The molecule has 4 rings (SSSR count). The number of benzene rings is 1. The van der Waals surface area contributed by atoms with E-state index in [9.17, 15) is 5.11 Å². The van der Waals surface area contributed by atoms with Gasteiger partial charge in [0.25, 0.3) is 0 Å². The Morgan fingerprint density at radius 3 is 2.91 bits per heavy atom. The Hall–Kier alpha value is -2.74. The third kappa shape index (κ3) is 2.36. The Labute approximate surface area is 135 Å². The van der Waals surface area contributed by atoms with Crippen LogP contribution in [0, 0.1) is 12.3 Å². The molecule has 2 aromatic heterocycles. The minimum Gasteiger partial charge on any atom is -0.510 e. The molecule has 0 radical (unpaired) electrons. The Bertz CT molecular complexity index is 909. The zero-order chi connectivity index (χ0) is 16.0. The van der Waals surface area contributed by atoms with Crippen LogP contribution >= 0.6 is 11.3 Å². The van der Waals surface area contributed by atoms with E-state index in [-0.39, 0.29) is 24.7 Å². The third-order valence-corrected chi connectivity index (χ3v) is 4.64. The first-order chi connectivity index (χ1) is 11.1. The average Bonchev–Trinajstić information content (AvgIpc) is 3.18. The van der Waals surface area contributed by atoms with E-state index in [0.29, 0.717) is 22.3 Å². The van der Waals surface area contributed by atoms with E-state index >= 15 is 0 Å². The normalized spacial score (nSPS) is 15.2. The van der Waals surface area contributed by atoms with Gasteiger partial charge >= 0.3 is 0 Å². The molecule has 7 nitrogen and oxygen atoms in total. The molecule has 0 amide bonds. The summed E-state index contributed by atoms with van der Waals surface area (Å²) < 4.78 is 6.12. The number of aryl methyl sites for hydroxylation is 1. The average molecular weight is 327 g/mol. The van der Waals surface area contributed by atoms with Gasteiger partial charge in [-0.1, -0.05) is 17.3 Å². The van der Waals surface area contributed by atoms with Gasteiger partial charge in [-0.3, -0.25) is 5.41 Å². The molecule has 0 fully saturated rings. The van der Waals surface area contributed by atoms with E-state index in [1.54, 1.807) is 11.8 Å². The van der Waals surface area contributed by atoms with Crippen LogP contribution < -0.4 is 0 Å². The molecule has 8 heteroatoms. The lowest BCUT2D eigenvalue weighted by Gasteiger charge is -2.15. The third-order valence-electron chi connectivity index (χ3n) is 3.59. The highest BCUT2D eigenvalue weighted by atomic mass is 32.1. The monoisotopic (exact) mass is 327 g/mol. The van der Waals surface area contributed by atoms with Crippen LogP contribution in [-0.2, 0) is 6.54 Å². The number of amidine groups is 1. The highest BCUT2D eigenvalue weighted by Crippen LogP contribution is 2.33. The van der Waals surface area contributed by atoms with Crippen LogP contribution in [0.4, 0.5) is 0 Å². The van der Waals surface area contributed by atoms with E-state index in [0.717, 1.165) is 10.2 Å². The first-order valence-electron chi connectivity index (χ1n) is 7.03. The maximum atomic E-state index is 10.3. The summed E-state index contributed by atoms with van der Waals surface area (Å²) in [4.78, 5) is 10.3. The van der Waals surface area contributed by atoms with Gasteiger partial charge in [0.1, 0.15) is 16.6 Å². The van der Waals surface area contributed by atoms with Crippen LogP contribution in [0.25, 0.3) is 15.8 Å². The van der Waals surface area contributed by atoms with E-state index in [4.69, 9.17) is 9.93 Å². The van der Waals surface area contributed by atoms with Crippen molar-refractivity contribution in [2.45, 2.75) is 13.5 Å². The van der Waals surface area contributed by atoms with Crippen molar-refractivity contribution in [3.63, 3.8) is 0 Å². The summed E-state index contributed by atoms with van der Waals surface area (Å²) >= 11 is 1.47. The smallest absolute Gasteiger partial charge is 0.246 e. The van der Waals surface area contributed by atoms with Gasteiger partial charge in [0.15, 0.2) is 5.82 Å². The number of hydrogen-bond donors (Lipinski definition) is 2. The lowest BCUT2D eigenvalue weighted by molar-refractivity contribution is 0.300. The van der Waals surface area contributed by atoms with Crippen LogP contribution in [0.1, 0.15) is 16.7 Å². The van der Waals surface area contributed by atoms with E-state index in [1.807, 2.05) is 24.3 Å². The highest BCUT2D eigenvalue weighted by Gasteiger charge is 2.31. The fourth-order valence-corrected chi connectivity index (χ4v) is 3.57. The SMILES string of the molecule is Cc1noc(CN2CC(O)=C(c3nc4ccccc4s3)C2=N)n1. The van der Waals surface area contributed by atoms with Crippen molar-refractivity contribution in [2.24, 2.45) is 0 Å². The summed E-state index contributed by atoms with van der Waals surface area (Å²) in [5.41, 5.74) is 1.34. The quantitative estimate of drug-likeness (QED) is 0.767. The van der Waals surface area contributed by atoms with Gasteiger partial charge < -0.3 is 14.5 Å². The molecule has 1 aromatic carbocycles. The molecule has 23 heavy (non-hydrogen) atoms. The number of aromatic nitrogens is 3. The first kappa shape index (κ1) is 13.9. The Morgan fingerprint density at radius 2 is 2.17 bits per heavy atom. The predicted molar refractivity (Wildman–Crippen MR) is 86.3 cm³/mol. The minimum absolute atomic E-state index is 0.144. The second-order valence-corrected chi connectivity index (χ2v) is 6.28. The second-order valence-electron chi connectivity index (χ2n) is 5.25. The molecule has 0 spiro atoms. The first-order valence-corrected chi connectivity index (χ1v) is 7.84. The molecule has 0 unspecified atom stereocenters. The number of fused-ring (bicyclic) bond motifs is 1. The maximum Gasteiger partial charge on any atom is 0.246 e. The number of rotatable bonds is 3. The molecule has 116 valence electrons. The Balaban J connectivity index is 1.63. The second kappa shape index (κ2) is 5.17. The highest BCUT2D eigenvalue weighted by molar-refractivity contribution is 7.19. The van der Waals surface area contributed by atoms with Gasteiger partial charge in [-0.05, 0) is 19.1 Å². The van der Waals surface area contributed by atoms with Crippen molar-refractivity contribution in [3.8, 4) is 0 Å². The Morgan fingerprint density at radius 1 is 1.35 bits per heavy atom. The molecule has 0 saturated heterocycles. The molecule has 0 bridgehead atoms. The number of nitrogens with one attached hydrogen (secondary N) is 1. The molecule has 0 aliphatic carbocycles. The van der Waals surface area contributed by atoms with Crippen molar-refractivity contribution in [1.82, 2.24) is 20.0 Å². The van der Waals surface area contributed by atoms with Crippen molar-refractivity contribution in [3.05, 3.63) is 46.7 Å². The van der Waals surface area contributed by atoms with Gasteiger partial charge in [-0.25, -0.2) is 4.98 Å². The number of nitrogens with zero attached hydrogens (tertiary/aromatic N) is 4. The minimum atomic E-state index is 0.144. The molecule has 0 saturated carbocycles. The number of aliphatic hydroxyl groups excluding tert-OH is 1. The molecule has 0 atom stereocenters. The van der Waals surface area contributed by atoms with Crippen molar-refractivity contribution < 1.29 is 9.63 Å². The molecular weight excluding hydrogens is 314 g/mol. The van der Waals surface area contributed by atoms with E-state index < -0.39 is 0 Å². The van der Waals surface area contributed by atoms with Crippen molar-refractivity contribution in [2.75, 3.05) is 6.54 Å². The number of aliphatic hydroxyl groups is 1. The topological polar surface area (TPSA) is 99.1 Å². The van der Waals surface area contributed by atoms with E-state index in [1.165, 1.54) is 11.3 Å². The molecule has 1 aliphatic heterocycles. The molecule has 3 heterocycles. The van der Waals surface area contributed by atoms with Crippen LogP contribution in [0.15, 0.2) is 34.5 Å². The number of para-hydroxylation sites is 1. The van der Waals surface area contributed by atoms with Gasteiger partial charge in [0.05, 0.1) is 28.9 Å². The van der Waals surface area contributed by atoms with Crippen LogP contribution in [0.5, 0.6) is 0 Å². The summed E-state index contributed by atoms with van der Waals surface area (Å²) in [6, 6.07) is 7.77. The molecule has 2 N–H and O–H groups in total. The van der Waals surface area contributed by atoms with Gasteiger partial charge in [-0.2, -0.15) is 4.98 Å². The van der Waals surface area contributed by atoms with Gasteiger partial charge in [-0.15, -0.1) is 11.3 Å². The molecular formula is C15H13N5O2S. The van der Waals surface area contributed by atoms with Gasteiger partial charge in [0.2, 0.25) is 5.89 Å². The lowest BCUT2D eigenvalue weighted by atomic mass is 10.2. The summed E-state index contributed by atoms with van der Waals surface area (Å²) in [5.74, 6) is 1.34. The Kier molecular flexibility index (Phi) is 3.12. The fourth-order valence-electron chi connectivity index (χ4n) is 2.54. The molecule has 1 aliphatic rings. The largest absolute Gasteiger partial charge is 0.510 e. The summed E-state index contributed by atoms with van der Waals surface area (Å²) in [7, 11) is 0. The van der Waals surface area contributed by atoms with Crippen molar-refractivity contribution >= 4 is 33.0 Å². The van der Waals surface area contributed by atoms with E-state index in [2.05, 4.69) is 15.1 Å². The van der Waals surface area contributed by atoms with Crippen LogP contribution in [0.2, 0.25) is 0 Å². The maximum absolute atomic E-state index is 10.3. The number of hydrogen-bond acceptors (Lipinski definition) is 7. The van der Waals surface area contributed by atoms with Crippen LogP contribution in [-0.4, -0.2) is 37.5 Å².